The van der Waals surface area contributed by atoms with Gasteiger partial charge in [-0.3, -0.25) is 4.79 Å². The number of hydrogen-bond donors (Lipinski definition) is 0. The van der Waals surface area contributed by atoms with Gasteiger partial charge in [-0.2, -0.15) is 0 Å². The highest BCUT2D eigenvalue weighted by molar-refractivity contribution is 5.78. The quantitative estimate of drug-likeness (QED) is 0.369. The van der Waals surface area contributed by atoms with Gasteiger partial charge < -0.3 is 4.90 Å². The van der Waals surface area contributed by atoms with E-state index in [-0.39, 0.29) is 0 Å². The van der Waals surface area contributed by atoms with Crippen molar-refractivity contribution in [1.29, 1.82) is 0 Å². The number of rotatable bonds is 12. The van der Waals surface area contributed by atoms with Gasteiger partial charge >= 0.3 is 0 Å². The van der Waals surface area contributed by atoms with Gasteiger partial charge in [-0.25, -0.2) is 0 Å². The highest BCUT2D eigenvalue weighted by Gasteiger charge is 2.22. The molecule has 18 heavy (non-hydrogen) atoms. The largest absolute Gasteiger partial charge is 0.339 e. The van der Waals surface area contributed by atoms with Gasteiger partial charge in [-0.15, -0.1) is 0 Å². The molecule has 1 rings (SSSR count). The van der Waals surface area contributed by atoms with E-state index in [0.29, 0.717) is 5.91 Å². The zero-order valence-corrected chi connectivity index (χ0v) is 12.3. The number of carbonyl (C=O) groups excluding carboxylic acids is 1. The van der Waals surface area contributed by atoms with Crippen LogP contribution in [0.25, 0.3) is 0 Å². The highest BCUT2D eigenvalue weighted by Crippen LogP contribution is 2.13. The summed E-state index contributed by atoms with van der Waals surface area (Å²) >= 11 is 0. The minimum Gasteiger partial charge on any atom is -0.339 e. The molecule has 1 saturated heterocycles. The van der Waals surface area contributed by atoms with Gasteiger partial charge in [0.25, 0.3) is 0 Å². The van der Waals surface area contributed by atoms with Crippen molar-refractivity contribution >= 4 is 5.91 Å². The summed E-state index contributed by atoms with van der Waals surface area (Å²) in [4.78, 5) is 13.3. The molecule has 106 valence electrons. The van der Waals surface area contributed by atoms with Crippen LogP contribution >= 0.6 is 0 Å². The second-order valence-electron chi connectivity index (χ2n) is 5.67. The smallest absolute Gasteiger partial charge is 0.222 e. The van der Waals surface area contributed by atoms with Crippen LogP contribution in [0, 0.1) is 0 Å². The van der Waals surface area contributed by atoms with Gasteiger partial charge in [-0.05, 0) is 6.42 Å². The number of nitrogens with zero attached hydrogens (tertiary/aromatic N) is 1. The summed E-state index contributed by atoms with van der Waals surface area (Å²) in [6.45, 7) is 4.29. The number of unbranched alkanes of at least 4 members (excludes halogenated alkanes) is 10. The van der Waals surface area contributed by atoms with Gasteiger partial charge in [0.2, 0.25) is 5.91 Å². The molecule has 1 fully saturated rings. The Hall–Kier alpha value is -0.530. The molecule has 0 N–H and O–H groups in total. The van der Waals surface area contributed by atoms with Crippen molar-refractivity contribution in [1.82, 2.24) is 4.90 Å². The zero-order valence-electron chi connectivity index (χ0n) is 12.3. The third-order valence-electron chi connectivity index (χ3n) is 3.79. The standard InChI is InChI=1S/C16H31NO/c1-2-3-4-5-6-7-8-9-10-11-12-13-16(18)17-14-15-17/h2-15H2,1H3. The molecule has 1 aliphatic heterocycles. The van der Waals surface area contributed by atoms with E-state index in [0.717, 1.165) is 25.9 Å². The fourth-order valence-corrected chi connectivity index (χ4v) is 2.40. The van der Waals surface area contributed by atoms with Crippen LogP contribution < -0.4 is 0 Å². The van der Waals surface area contributed by atoms with Gasteiger partial charge in [0, 0.05) is 19.5 Å². The lowest BCUT2D eigenvalue weighted by atomic mass is 10.1. The molecule has 2 heteroatoms. The molecule has 0 spiro atoms. The number of amides is 1. The Morgan fingerprint density at radius 3 is 1.67 bits per heavy atom. The van der Waals surface area contributed by atoms with Crippen LogP contribution in [0.1, 0.15) is 84.0 Å². The normalized spacial score (nSPS) is 13.9. The first-order valence-corrected chi connectivity index (χ1v) is 8.12. The maximum atomic E-state index is 11.4. The first kappa shape index (κ1) is 15.5. The van der Waals surface area contributed by atoms with Gasteiger partial charge in [-0.1, -0.05) is 71.1 Å². The Bertz CT molecular complexity index is 211. The molecule has 0 unspecified atom stereocenters. The predicted molar refractivity (Wildman–Crippen MR) is 77.7 cm³/mol. The summed E-state index contributed by atoms with van der Waals surface area (Å²) in [5, 5.41) is 0. The minimum atomic E-state index is 0.380. The Balaban J connectivity index is 1.69. The first-order valence-electron chi connectivity index (χ1n) is 8.12. The topological polar surface area (TPSA) is 20.1 Å². The third kappa shape index (κ3) is 8.54. The Labute approximate surface area is 113 Å². The molecule has 1 aliphatic rings. The molecule has 0 saturated carbocycles. The van der Waals surface area contributed by atoms with Crippen molar-refractivity contribution in [3.63, 3.8) is 0 Å². The third-order valence-corrected chi connectivity index (χ3v) is 3.79. The van der Waals surface area contributed by atoms with Crippen LogP contribution in [0.4, 0.5) is 0 Å². The van der Waals surface area contributed by atoms with Crippen molar-refractivity contribution < 1.29 is 4.79 Å². The van der Waals surface area contributed by atoms with Crippen LogP contribution in [0.15, 0.2) is 0 Å². The van der Waals surface area contributed by atoms with Crippen molar-refractivity contribution in [2.45, 2.75) is 84.0 Å². The summed E-state index contributed by atoms with van der Waals surface area (Å²) < 4.78 is 0. The van der Waals surface area contributed by atoms with E-state index in [1.807, 2.05) is 4.90 Å². The van der Waals surface area contributed by atoms with Crippen molar-refractivity contribution in [2.75, 3.05) is 13.1 Å². The molecule has 0 atom stereocenters. The summed E-state index contributed by atoms with van der Waals surface area (Å²) in [6, 6.07) is 0. The van der Waals surface area contributed by atoms with Crippen LogP contribution in [0.5, 0.6) is 0 Å². The fourth-order valence-electron chi connectivity index (χ4n) is 2.40. The average molecular weight is 253 g/mol. The second kappa shape index (κ2) is 10.4. The summed E-state index contributed by atoms with van der Waals surface area (Å²) in [7, 11) is 0. The SMILES string of the molecule is CCCCCCCCCCCCCC(=O)N1CC1. The number of carbonyl (C=O) groups is 1. The van der Waals surface area contributed by atoms with E-state index in [1.54, 1.807) is 0 Å². The average Bonchev–Trinajstić information content (AvgIpc) is 3.20. The minimum absolute atomic E-state index is 0.380. The molecule has 0 aromatic rings. The highest BCUT2D eigenvalue weighted by atomic mass is 16.2. The molecule has 1 heterocycles. The van der Waals surface area contributed by atoms with Crippen molar-refractivity contribution in [3.8, 4) is 0 Å². The Morgan fingerprint density at radius 2 is 1.22 bits per heavy atom. The fraction of sp³-hybridized carbons (Fsp3) is 0.938. The summed E-state index contributed by atoms with van der Waals surface area (Å²) in [5.74, 6) is 0.380. The zero-order chi connectivity index (χ0) is 13.1. The predicted octanol–water partition coefficient (Wildman–Crippen LogP) is 4.53. The molecule has 1 amide bonds. The Kier molecular flexibility index (Phi) is 8.97. The molecule has 2 nitrogen and oxygen atoms in total. The monoisotopic (exact) mass is 253 g/mol. The molecule has 0 aliphatic carbocycles. The maximum Gasteiger partial charge on any atom is 0.222 e. The van der Waals surface area contributed by atoms with Crippen LogP contribution in [0.3, 0.4) is 0 Å². The molecule has 0 radical (unpaired) electrons. The van der Waals surface area contributed by atoms with E-state index in [4.69, 9.17) is 0 Å². The van der Waals surface area contributed by atoms with Gasteiger partial charge in [0.15, 0.2) is 0 Å². The van der Waals surface area contributed by atoms with E-state index in [9.17, 15) is 4.79 Å². The van der Waals surface area contributed by atoms with Crippen molar-refractivity contribution in [2.24, 2.45) is 0 Å². The Morgan fingerprint density at radius 1 is 0.778 bits per heavy atom. The molecule has 0 bridgehead atoms. The van der Waals surface area contributed by atoms with Crippen molar-refractivity contribution in [3.05, 3.63) is 0 Å². The number of hydrogen-bond acceptors (Lipinski definition) is 1. The van der Waals surface area contributed by atoms with Crippen LogP contribution in [-0.2, 0) is 4.79 Å². The summed E-state index contributed by atoms with van der Waals surface area (Å²) in [6.07, 6.45) is 15.7. The van der Waals surface area contributed by atoms with Crippen LogP contribution in [-0.4, -0.2) is 23.9 Å². The second-order valence-corrected chi connectivity index (χ2v) is 5.67. The molecule has 0 aromatic heterocycles. The van der Waals surface area contributed by atoms with Gasteiger partial charge in [0.1, 0.15) is 0 Å². The lowest BCUT2D eigenvalue weighted by Gasteiger charge is -2.03. The summed E-state index contributed by atoms with van der Waals surface area (Å²) in [5.41, 5.74) is 0. The van der Waals surface area contributed by atoms with E-state index in [1.165, 1.54) is 64.2 Å². The lowest BCUT2D eigenvalue weighted by molar-refractivity contribution is -0.125. The molecular formula is C16H31NO. The maximum absolute atomic E-state index is 11.4. The van der Waals surface area contributed by atoms with E-state index >= 15 is 0 Å². The molecule has 0 aromatic carbocycles. The van der Waals surface area contributed by atoms with E-state index < -0.39 is 0 Å². The van der Waals surface area contributed by atoms with Gasteiger partial charge in [0.05, 0.1) is 0 Å². The van der Waals surface area contributed by atoms with E-state index in [2.05, 4.69) is 6.92 Å². The molecular weight excluding hydrogens is 222 g/mol. The first-order chi connectivity index (χ1) is 8.84. The van der Waals surface area contributed by atoms with Crippen LogP contribution in [0.2, 0.25) is 0 Å². The lowest BCUT2D eigenvalue weighted by Crippen LogP contribution is -2.09.